The number of carbonyl (C=O) groups is 1. The molecule has 0 radical (unpaired) electrons. The first kappa shape index (κ1) is 17.7. The minimum Gasteiger partial charge on any atom is -0.328 e. The third-order valence-corrected chi connectivity index (χ3v) is 3.82. The van der Waals surface area contributed by atoms with Crippen molar-refractivity contribution in [3.05, 3.63) is 28.8 Å². The van der Waals surface area contributed by atoms with Gasteiger partial charge >= 0.3 is 0 Å². The zero-order valence-electron chi connectivity index (χ0n) is 15.1. The van der Waals surface area contributed by atoms with Gasteiger partial charge in [0.05, 0.1) is 0 Å². The lowest BCUT2D eigenvalue weighted by Crippen LogP contribution is -2.24. The van der Waals surface area contributed by atoms with Crippen LogP contribution in [0.3, 0.4) is 0 Å². The molecule has 2 heteroatoms. The van der Waals surface area contributed by atoms with Crippen molar-refractivity contribution < 1.29 is 4.79 Å². The summed E-state index contributed by atoms with van der Waals surface area (Å²) in [5, 5.41) is 2.96. The van der Waals surface area contributed by atoms with Crippen LogP contribution in [0.4, 0.5) is 5.69 Å². The molecule has 1 amide bonds. The first-order chi connectivity index (χ1) is 9.28. The fraction of sp³-hybridized carbons (Fsp3) is 0.632. The Morgan fingerprint density at radius 3 is 1.38 bits per heavy atom. The van der Waals surface area contributed by atoms with Crippen molar-refractivity contribution in [1.29, 1.82) is 0 Å². The molecule has 0 spiro atoms. The molecule has 118 valence electrons. The van der Waals surface area contributed by atoms with E-state index in [1.165, 1.54) is 16.7 Å². The molecule has 1 N–H and O–H groups in total. The number of hydrogen-bond acceptors (Lipinski definition) is 1. The van der Waals surface area contributed by atoms with Crippen molar-refractivity contribution in [2.24, 2.45) is 0 Å². The van der Waals surface area contributed by atoms with Gasteiger partial charge in [-0.1, -0.05) is 74.4 Å². The summed E-state index contributed by atoms with van der Waals surface area (Å²) in [5.41, 5.74) is 4.73. The molecule has 2 nitrogen and oxygen atoms in total. The smallest absolute Gasteiger partial charge is 0.211 e. The first-order valence-corrected chi connectivity index (χ1v) is 7.68. The van der Waals surface area contributed by atoms with Crippen LogP contribution in [0.15, 0.2) is 12.1 Å². The minimum atomic E-state index is -0.0212. The van der Waals surface area contributed by atoms with Crippen molar-refractivity contribution >= 4 is 12.1 Å². The van der Waals surface area contributed by atoms with Crippen LogP contribution in [0.1, 0.15) is 79.0 Å². The highest BCUT2D eigenvalue weighted by molar-refractivity contribution is 5.78. The Kier molecular flexibility index (Phi) is 4.62. The Labute approximate surface area is 130 Å². The topological polar surface area (TPSA) is 29.1 Å². The van der Waals surface area contributed by atoms with E-state index in [4.69, 9.17) is 0 Å². The molecule has 1 aromatic rings. The summed E-state index contributed by atoms with van der Waals surface area (Å²) in [6.45, 7) is 19.8. The molecule has 0 aliphatic rings. The van der Waals surface area contributed by atoms with Crippen LogP contribution in [0.25, 0.3) is 0 Å². The van der Waals surface area contributed by atoms with Gasteiger partial charge in [-0.2, -0.15) is 0 Å². The molecular weight excluding hydrogens is 258 g/mol. The molecule has 0 saturated carbocycles. The Hall–Kier alpha value is -1.31. The number of amides is 1. The maximum Gasteiger partial charge on any atom is 0.211 e. The normalized spacial score (nSPS) is 13.2. The van der Waals surface area contributed by atoms with Crippen molar-refractivity contribution in [3.8, 4) is 0 Å². The second kappa shape index (κ2) is 5.47. The van der Waals surface area contributed by atoms with E-state index in [2.05, 4.69) is 79.8 Å². The van der Waals surface area contributed by atoms with Gasteiger partial charge in [0.15, 0.2) is 0 Å². The van der Waals surface area contributed by atoms with Crippen LogP contribution in [0.2, 0.25) is 0 Å². The largest absolute Gasteiger partial charge is 0.328 e. The van der Waals surface area contributed by atoms with E-state index in [9.17, 15) is 4.79 Å². The van der Waals surface area contributed by atoms with Crippen molar-refractivity contribution in [2.45, 2.75) is 78.6 Å². The van der Waals surface area contributed by atoms with Crippen LogP contribution in [0.5, 0.6) is 0 Å². The van der Waals surface area contributed by atoms with Crippen molar-refractivity contribution in [3.63, 3.8) is 0 Å². The second-order valence-electron chi connectivity index (χ2n) is 8.96. The summed E-state index contributed by atoms with van der Waals surface area (Å²) in [6.07, 6.45) is 0.788. The predicted octanol–water partition coefficient (Wildman–Crippen LogP) is 5.15. The fourth-order valence-electron chi connectivity index (χ4n) is 2.47. The fourth-order valence-corrected chi connectivity index (χ4v) is 2.47. The molecular formula is C19H31NO. The van der Waals surface area contributed by atoms with Crippen LogP contribution in [-0.4, -0.2) is 6.41 Å². The quantitative estimate of drug-likeness (QED) is 0.750. The van der Waals surface area contributed by atoms with Crippen LogP contribution in [0, 0.1) is 0 Å². The molecule has 0 aliphatic heterocycles. The lowest BCUT2D eigenvalue weighted by molar-refractivity contribution is -0.105. The van der Waals surface area contributed by atoms with Crippen LogP contribution in [-0.2, 0) is 21.0 Å². The van der Waals surface area contributed by atoms with E-state index in [1.54, 1.807) is 0 Å². The summed E-state index contributed by atoms with van der Waals surface area (Å²) in [6, 6.07) is 4.50. The van der Waals surface area contributed by atoms with Crippen LogP contribution >= 0.6 is 0 Å². The third-order valence-electron chi connectivity index (χ3n) is 3.82. The zero-order valence-corrected chi connectivity index (χ0v) is 15.1. The molecule has 0 aliphatic carbocycles. The SMILES string of the molecule is CC(C)(C)c1cc(C(C)(C)C)c(NC=O)c(C(C)(C)C)c1. The minimum absolute atomic E-state index is 0.0212. The molecule has 1 rings (SSSR count). The van der Waals surface area contributed by atoms with Gasteiger partial charge in [0, 0.05) is 5.69 Å². The van der Waals surface area contributed by atoms with Gasteiger partial charge in [0.1, 0.15) is 0 Å². The Balaban J connectivity index is 3.79. The molecule has 0 atom stereocenters. The average Bonchev–Trinajstić information content (AvgIpc) is 2.24. The highest BCUT2D eigenvalue weighted by Crippen LogP contribution is 2.41. The van der Waals surface area contributed by atoms with Gasteiger partial charge in [0.2, 0.25) is 6.41 Å². The number of anilines is 1. The highest BCUT2D eigenvalue weighted by Gasteiger charge is 2.28. The lowest BCUT2D eigenvalue weighted by Gasteiger charge is -2.33. The molecule has 0 aromatic heterocycles. The number of nitrogens with one attached hydrogen (secondary N) is 1. The summed E-state index contributed by atoms with van der Waals surface area (Å²) >= 11 is 0. The molecule has 0 unspecified atom stereocenters. The molecule has 0 fully saturated rings. The zero-order chi connectivity index (χ0) is 16.6. The maximum absolute atomic E-state index is 11.1. The van der Waals surface area contributed by atoms with Gasteiger partial charge in [-0.05, 0) is 32.9 Å². The molecule has 0 saturated heterocycles. The summed E-state index contributed by atoms with van der Waals surface area (Å²) in [7, 11) is 0. The maximum atomic E-state index is 11.1. The van der Waals surface area contributed by atoms with Crippen molar-refractivity contribution in [2.75, 3.05) is 5.32 Å². The third kappa shape index (κ3) is 4.09. The van der Waals surface area contributed by atoms with Gasteiger partial charge in [0.25, 0.3) is 0 Å². The molecule has 0 bridgehead atoms. The summed E-state index contributed by atoms with van der Waals surface area (Å²) < 4.78 is 0. The van der Waals surface area contributed by atoms with E-state index >= 15 is 0 Å². The van der Waals surface area contributed by atoms with Gasteiger partial charge < -0.3 is 5.32 Å². The van der Waals surface area contributed by atoms with Gasteiger partial charge in [-0.3, -0.25) is 4.79 Å². The van der Waals surface area contributed by atoms with E-state index < -0.39 is 0 Å². The Bertz CT molecular complexity index is 487. The Morgan fingerprint density at radius 1 is 0.762 bits per heavy atom. The predicted molar refractivity (Wildman–Crippen MR) is 92.2 cm³/mol. The Morgan fingerprint density at radius 2 is 1.14 bits per heavy atom. The highest BCUT2D eigenvalue weighted by atomic mass is 16.1. The summed E-state index contributed by atoms with van der Waals surface area (Å²) in [4.78, 5) is 11.1. The first-order valence-electron chi connectivity index (χ1n) is 7.68. The monoisotopic (exact) mass is 289 g/mol. The van der Waals surface area contributed by atoms with Crippen molar-refractivity contribution in [1.82, 2.24) is 0 Å². The van der Waals surface area contributed by atoms with E-state index in [0.717, 1.165) is 12.1 Å². The lowest BCUT2D eigenvalue weighted by atomic mass is 9.74. The van der Waals surface area contributed by atoms with E-state index in [1.807, 2.05) is 0 Å². The molecule has 1 aromatic carbocycles. The van der Waals surface area contributed by atoms with E-state index in [0.29, 0.717) is 0 Å². The number of carbonyl (C=O) groups excluding carboxylic acids is 1. The van der Waals surface area contributed by atoms with Gasteiger partial charge in [-0.25, -0.2) is 0 Å². The standard InChI is InChI=1S/C19H31NO/c1-17(2,3)13-10-14(18(4,5)6)16(20-12-21)15(11-13)19(7,8)9/h10-12H,1-9H3,(H,20,21). The summed E-state index contributed by atoms with van der Waals surface area (Å²) in [5.74, 6) is 0. The number of rotatable bonds is 2. The molecule has 0 heterocycles. The average molecular weight is 289 g/mol. The van der Waals surface area contributed by atoms with Gasteiger partial charge in [-0.15, -0.1) is 0 Å². The number of hydrogen-bond donors (Lipinski definition) is 1. The van der Waals surface area contributed by atoms with E-state index in [-0.39, 0.29) is 16.2 Å². The second-order valence-corrected chi connectivity index (χ2v) is 8.96. The van der Waals surface area contributed by atoms with Crippen LogP contribution < -0.4 is 5.32 Å². The molecule has 21 heavy (non-hydrogen) atoms. The number of benzene rings is 1.